The Morgan fingerprint density at radius 2 is 2.15 bits per heavy atom. The molecule has 6 nitrogen and oxygen atoms in total. The predicted molar refractivity (Wildman–Crippen MR) is 101 cm³/mol. The van der Waals surface area contributed by atoms with Crippen molar-refractivity contribution in [1.82, 2.24) is 15.6 Å². The molecule has 27 heavy (non-hydrogen) atoms. The molecule has 2 heterocycles. The van der Waals surface area contributed by atoms with Crippen LogP contribution >= 0.6 is 11.6 Å². The van der Waals surface area contributed by atoms with Crippen LogP contribution in [0.2, 0.25) is 5.02 Å². The number of rotatable bonds is 5. The Bertz CT molecular complexity index is 662. The van der Waals surface area contributed by atoms with Gasteiger partial charge in [0.1, 0.15) is 5.82 Å². The lowest BCUT2D eigenvalue weighted by molar-refractivity contribution is -0.123. The van der Waals surface area contributed by atoms with E-state index in [1.54, 1.807) is 30.5 Å². The third kappa shape index (κ3) is 8.81. The van der Waals surface area contributed by atoms with Crippen LogP contribution < -0.4 is 15.4 Å². The van der Waals surface area contributed by atoms with Crippen molar-refractivity contribution in [3.05, 3.63) is 59.5 Å². The van der Waals surface area contributed by atoms with Gasteiger partial charge in [-0.15, -0.1) is 0 Å². The molecule has 8 heteroatoms. The van der Waals surface area contributed by atoms with Crippen LogP contribution in [-0.2, 0) is 9.53 Å². The van der Waals surface area contributed by atoms with Crippen molar-refractivity contribution in [2.75, 3.05) is 39.5 Å². The van der Waals surface area contributed by atoms with Gasteiger partial charge in [-0.2, -0.15) is 0 Å². The van der Waals surface area contributed by atoms with Gasteiger partial charge in [0.15, 0.2) is 6.61 Å². The first-order valence-corrected chi connectivity index (χ1v) is 9.02. The summed E-state index contributed by atoms with van der Waals surface area (Å²) in [5.41, 5.74) is 0. The molecular formula is C19H23ClFN3O3. The predicted octanol–water partition coefficient (Wildman–Crippen LogP) is 2.29. The summed E-state index contributed by atoms with van der Waals surface area (Å²) < 4.78 is 22.9. The van der Waals surface area contributed by atoms with Crippen LogP contribution in [0.15, 0.2) is 48.7 Å². The topological polar surface area (TPSA) is 72.5 Å². The maximum absolute atomic E-state index is 12.2. The number of amides is 1. The summed E-state index contributed by atoms with van der Waals surface area (Å²) >= 11 is 5.33. The highest BCUT2D eigenvalue weighted by atomic mass is 35.5. The molecule has 1 aliphatic heterocycles. The molecule has 1 aromatic heterocycles. The SMILES string of the molecule is Fc1ccccc1Cl.O=C(COc1ccccn1)NCC1CNCCOC1. The first-order valence-electron chi connectivity index (χ1n) is 8.64. The highest BCUT2D eigenvalue weighted by molar-refractivity contribution is 6.30. The van der Waals surface area contributed by atoms with E-state index in [4.69, 9.17) is 21.1 Å². The second kappa shape index (κ2) is 12.2. The van der Waals surface area contributed by atoms with E-state index in [0.29, 0.717) is 24.9 Å². The van der Waals surface area contributed by atoms with E-state index in [1.807, 2.05) is 6.07 Å². The van der Waals surface area contributed by atoms with Crippen molar-refractivity contribution in [1.29, 1.82) is 0 Å². The molecule has 1 saturated heterocycles. The molecule has 0 aliphatic carbocycles. The normalized spacial score (nSPS) is 16.4. The number of ether oxygens (including phenoxy) is 2. The van der Waals surface area contributed by atoms with Crippen LogP contribution in [0.3, 0.4) is 0 Å². The highest BCUT2D eigenvalue weighted by Crippen LogP contribution is 2.11. The van der Waals surface area contributed by atoms with E-state index in [-0.39, 0.29) is 23.4 Å². The van der Waals surface area contributed by atoms with Crippen molar-refractivity contribution < 1.29 is 18.7 Å². The molecule has 1 fully saturated rings. The summed E-state index contributed by atoms with van der Waals surface area (Å²) in [6, 6.07) is 11.4. The molecule has 0 spiro atoms. The zero-order chi connectivity index (χ0) is 19.3. The summed E-state index contributed by atoms with van der Waals surface area (Å²) in [4.78, 5) is 15.6. The Kier molecular flexibility index (Phi) is 9.54. The fourth-order valence-electron chi connectivity index (χ4n) is 2.21. The maximum atomic E-state index is 12.2. The quantitative estimate of drug-likeness (QED) is 0.812. The summed E-state index contributed by atoms with van der Waals surface area (Å²) in [7, 11) is 0. The Morgan fingerprint density at radius 3 is 2.85 bits per heavy atom. The smallest absolute Gasteiger partial charge is 0.258 e. The number of aromatic nitrogens is 1. The van der Waals surface area contributed by atoms with Gasteiger partial charge < -0.3 is 20.1 Å². The third-order valence-electron chi connectivity index (χ3n) is 3.61. The Labute approximate surface area is 163 Å². The molecule has 1 aromatic carbocycles. The summed E-state index contributed by atoms with van der Waals surface area (Å²) in [6.07, 6.45) is 1.63. The number of hydrogen-bond donors (Lipinski definition) is 2. The molecule has 0 radical (unpaired) electrons. The minimum atomic E-state index is -0.367. The number of nitrogens with one attached hydrogen (secondary N) is 2. The van der Waals surface area contributed by atoms with Crippen molar-refractivity contribution in [2.45, 2.75) is 0 Å². The van der Waals surface area contributed by atoms with Gasteiger partial charge in [-0.25, -0.2) is 9.37 Å². The lowest BCUT2D eigenvalue weighted by Crippen LogP contribution is -2.37. The number of nitrogens with zero attached hydrogens (tertiary/aromatic N) is 1. The summed E-state index contributed by atoms with van der Waals surface area (Å²) in [5, 5.41) is 6.27. The zero-order valence-corrected chi connectivity index (χ0v) is 15.6. The fourth-order valence-corrected chi connectivity index (χ4v) is 2.35. The van der Waals surface area contributed by atoms with Crippen LogP contribution in [0.5, 0.6) is 5.88 Å². The summed E-state index contributed by atoms with van der Waals surface area (Å²) in [6.45, 7) is 3.71. The van der Waals surface area contributed by atoms with Gasteiger partial charge in [0, 0.05) is 37.8 Å². The van der Waals surface area contributed by atoms with Gasteiger partial charge >= 0.3 is 0 Å². The molecular weight excluding hydrogens is 373 g/mol. The third-order valence-corrected chi connectivity index (χ3v) is 3.92. The van der Waals surface area contributed by atoms with Crippen LogP contribution in [-0.4, -0.2) is 50.3 Å². The van der Waals surface area contributed by atoms with Crippen molar-refractivity contribution in [3.63, 3.8) is 0 Å². The number of carbonyl (C=O) groups is 1. The van der Waals surface area contributed by atoms with E-state index in [1.165, 1.54) is 12.1 Å². The average Bonchev–Trinajstić information content (AvgIpc) is 2.97. The molecule has 1 aliphatic rings. The van der Waals surface area contributed by atoms with Crippen LogP contribution in [0, 0.1) is 11.7 Å². The molecule has 1 atom stereocenters. The van der Waals surface area contributed by atoms with Gasteiger partial charge in [-0.05, 0) is 18.2 Å². The van der Waals surface area contributed by atoms with Crippen LogP contribution in [0.1, 0.15) is 0 Å². The number of benzene rings is 1. The highest BCUT2D eigenvalue weighted by Gasteiger charge is 2.13. The second-order valence-electron chi connectivity index (χ2n) is 5.82. The number of halogens is 2. The molecule has 0 bridgehead atoms. The van der Waals surface area contributed by atoms with E-state index < -0.39 is 0 Å². The van der Waals surface area contributed by atoms with E-state index >= 15 is 0 Å². The fraction of sp³-hybridized carbons (Fsp3) is 0.368. The second-order valence-corrected chi connectivity index (χ2v) is 6.23. The van der Waals surface area contributed by atoms with Gasteiger partial charge in [-0.1, -0.05) is 29.8 Å². The minimum absolute atomic E-state index is 0.0159. The Balaban J connectivity index is 0.000000273. The molecule has 2 N–H and O–H groups in total. The van der Waals surface area contributed by atoms with Gasteiger partial charge in [0.2, 0.25) is 5.88 Å². The molecule has 1 amide bonds. The van der Waals surface area contributed by atoms with E-state index in [2.05, 4.69) is 15.6 Å². The molecule has 0 saturated carbocycles. The molecule has 146 valence electrons. The maximum Gasteiger partial charge on any atom is 0.258 e. The van der Waals surface area contributed by atoms with E-state index in [0.717, 1.165) is 19.7 Å². The molecule has 3 rings (SSSR count). The van der Waals surface area contributed by atoms with Gasteiger partial charge in [0.25, 0.3) is 5.91 Å². The molecule has 2 aromatic rings. The van der Waals surface area contributed by atoms with Crippen molar-refractivity contribution in [2.24, 2.45) is 5.92 Å². The number of hydrogen-bond acceptors (Lipinski definition) is 5. The van der Waals surface area contributed by atoms with Gasteiger partial charge in [0.05, 0.1) is 18.2 Å². The largest absolute Gasteiger partial charge is 0.468 e. The van der Waals surface area contributed by atoms with E-state index in [9.17, 15) is 9.18 Å². The van der Waals surface area contributed by atoms with Crippen molar-refractivity contribution in [3.8, 4) is 5.88 Å². The van der Waals surface area contributed by atoms with Crippen molar-refractivity contribution >= 4 is 17.5 Å². The zero-order valence-electron chi connectivity index (χ0n) is 14.9. The standard InChI is InChI=1S/C13H19N3O3.C6H4ClF/c17-12(10-19-13-3-1-2-4-15-13)16-8-11-7-14-5-6-18-9-11;7-5-3-1-2-4-6(5)8/h1-4,11,14H,5-10H2,(H,16,17);1-4H. The molecule has 1 unspecified atom stereocenters. The monoisotopic (exact) mass is 395 g/mol. The first kappa shape index (κ1) is 21.1. The van der Waals surface area contributed by atoms with Crippen LogP contribution in [0.4, 0.5) is 4.39 Å². The van der Waals surface area contributed by atoms with Crippen LogP contribution in [0.25, 0.3) is 0 Å². The average molecular weight is 396 g/mol. The lowest BCUT2D eigenvalue weighted by Gasteiger charge is -2.14. The van der Waals surface area contributed by atoms with Gasteiger partial charge in [-0.3, -0.25) is 4.79 Å². The number of pyridine rings is 1. The Hall–Kier alpha value is -2.22. The Morgan fingerprint density at radius 1 is 1.33 bits per heavy atom. The summed E-state index contributed by atoms with van der Waals surface area (Å²) in [5.74, 6) is 0.252. The minimum Gasteiger partial charge on any atom is -0.468 e. The first-order chi connectivity index (χ1) is 13.1. The lowest BCUT2D eigenvalue weighted by atomic mass is 10.1. The number of carbonyl (C=O) groups excluding carboxylic acids is 1.